The van der Waals surface area contributed by atoms with Gasteiger partial charge in [0, 0.05) is 10.9 Å². The molecule has 1 rings (SSSR count). The Morgan fingerprint density at radius 3 is 2.85 bits per heavy atom. The predicted octanol–water partition coefficient (Wildman–Crippen LogP) is 3.46. The van der Waals surface area contributed by atoms with Gasteiger partial charge in [-0.15, -0.1) is 11.6 Å². The van der Waals surface area contributed by atoms with Crippen LogP contribution in [0.2, 0.25) is 5.02 Å². The highest BCUT2D eigenvalue weighted by molar-refractivity contribution is 6.32. The number of allylic oxidation sites excluding steroid dienone is 1. The number of rotatable bonds is 2. The predicted molar refractivity (Wildman–Crippen MR) is 55.9 cm³/mol. The fourth-order valence-electron chi connectivity index (χ4n) is 0.913. The van der Waals surface area contributed by atoms with Crippen LogP contribution in [0.25, 0.3) is 6.08 Å². The van der Waals surface area contributed by atoms with Gasteiger partial charge in [-0.3, -0.25) is 0 Å². The van der Waals surface area contributed by atoms with Gasteiger partial charge >= 0.3 is 0 Å². The van der Waals surface area contributed by atoms with Gasteiger partial charge in [-0.05, 0) is 23.8 Å². The van der Waals surface area contributed by atoms with Crippen LogP contribution in [0.3, 0.4) is 0 Å². The fourth-order valence-corrected chi connectivity index (χ4v) is 1.18. The molecule has 1 nitrogen and oxygen atoms in total. The van der Waals surface area contributed by atoms with Crippen molar-refractivity contribution >= 4 is 29.3 Å². The van der Waals surface area contributed by atoms with Crippen molar-refractivity contribution in [3.8, 4) is 6.07 Å². The van der Waals surface area contributed by atoms with Crippen molar-refractivity contribution in [3.63, 3.8) is 0 Å². The van der Waals surface area contributed by atoms with E-state index in [2.05, 4.69) is 0 Å². The van der Waals surface area contributed by atoms with E-state index < -0.39 is 0 Å². The lowest BCUT2D eigenvalue weighted by atomic mass is 10.1. The summed E-state index contributed by atoms with van der Waals surface area (Å²) in [5.74, 6) is 0.438. The summed E-state index contributed by atoms with van der Waals surface area (Å²) < 4.78 is 0. The summed E-state index contributed by atoms with van der Waals surface area (Å²) in [4.78, 5) is 0. The first-order valence-electron chi connectivity index (χ1n) is 3.70. The SMILES string of the molecule is N#Cc1ccc(Cl)c(C=CCCl)c1. The molecule has 0 amide bonds. The molecule has 1 aromatic rings. The van der Waals surface area contributed by atoms with Crippen molar-refractivity contribution in [1.29, 1.82) is 5.26 Å². The first kappa shape index (κ1) is 10.1. The molecule has 0 N–H and O–H groups in total. The molecular formula is C10H7Cl2N. The van der Waals surface area contributed by atoms with Gasteiger partial charge in [0.15, 0.2) is 0 Å². The maximum absolute atomic E-state index is 8.64. The van der Waals surface area contributed by atoms with Gasteiger partial charge in [-0.1, -0.05) is 23.8 Å². The Balaban J connectivity index is 3.06. The van der Waals surface area contributed by atoms with Gasteiger partial charge in [-0.25, -0.2) is 0 Å². The van der Waals surface area contributed by atoms with E-state index in [0.717, 1.165) is 5.56 Å². The number of benzene rings is 1. The number of halogens is 2. The molecule has 0 saturated carbocycles. The Kier molecular flexibility index (Phi) is 3.82. The summed E-state index contributed by atoms with van der Waals surface area (Å²) in [6.07, 6.45) is 3.58. The van der Waals surface area contributed by atoms with Crippen LogP contribution in [0.15, 0.2) is 24.3 Å². The summed E-state index contributed by atoms with van der Waals surface area (Å²) in [5.41, 5.74) is 1.42. The van der Waals surface area contributed by atoms with E-state index in [0.29, 0.717) is 16.5 Å². The first-order chi connectivity index (χ1) is 6.27. The second-order valence-corrected chi connectivity index (χ2v) is 3.12. The quantitative estimate of drug-likeness (QED) is 0.688. The minimum atomic E-state index is 0.438. The molecule has 66 valence electrons. The third-order valence-corrected chi connectivity index (χ3v) is 2.03. The Bertz CT molecular complexity index is 364. The molecule has 0 heterocycles. The summed E-state index contributed by atoms with van der Waals surface area (Å²) in [7, 11) is 0. The van der Waals surface area contributed by atoms with E-state index in [1.165, 1.54) is 0 Å². The van der Waals surface area contributed by atoms with Gasteiger partial charge in [0.25, 0.3) is 0 Å². The second-order valence-electron chi connectivity index (χ2n) is 2.40. The van der Waals surface area contributed by atoms with Gasteiger partial charge in [-0.2, -0.15) is 5.26 Å². The molecule has 13 heavy (non-hydrogen) atoms. The molecule has 0 atom stereocenters. The molecule has 0 unspecified atom stereocenters. The van der Waals surface area contributed by atoms with E-state index in [4.69, 9.17) is 28.5 Å². The van der Waals surface area contributed by atoms with Gasteiger partial charge in [0.1, 0.15) is 0 Å². The van der Waals surface area contributed by atoms with Gasteiger partial charge in [0.2, 0.25) is 0 Å². The number of hydrogen-bond donors (Lipinski definition) is 0. The van der Waals surface area contributed by atoms with Crippen molar-refractivity contribution in [2.75, 3.05) is 5.88 Å². The topological polar surface area (TPSA) is 23.8 Å². The van der Waals surface area contributed by atoms with Crippen molar-refractivity contribution < 1.29 is 0 Å². The maximum atomic E-state index is 8.64. The standard InChI is InChI=1S/C10H7Cl2N/c11-5-1-2-9-6-8(7-13)3-4-10(9)12/h1-4,6H,5H2. The molecule has 0 aliphatic carbocycles. The van der Waals surface area contributed by atoms with E-state index in [1.807, 2.05) is 6.07 Å². The lowest BCUT2D eigenvalue weighted by molar-refractivity contribution is 1.48. The van der Waals surface area contributed by atoms with Gasteiger partial charge < -0.3 is 0 Å². The van der Waals surface area contributed by atoms with Crippen LogP contribution in [0, 0.1) is 11.3 Å². The first-order valence-corrected chi connectivity index (χ1v) is 4.61. The molecule has 0 fully saturated rings. The highest BCUT2D eigenvalue weighted by atomic mass is 35.5. The van der Waals surface area contributed by atoms with E-state index >= 15 is 0 Å². The van der Waals surface area contributed by atoms with E-state index in [1.54, 1.807) is 30.4 Å². The van der Waals surface area contributed by atoms with Crippen LogP contribution in [0.1, 0.15) is 11.1 Å². The Morgan fingerprint density at radius 1 is 1.46 bits per heavy atom. The summed E-state index contributed by atoms with van der Waals surface area (Å²) in [5, 5.41) is 9.26. The molecular weight excluding hydrogens is 205 g/mol. The largest absolute Gasteiger partial charge is 0.192 e. The molecule has 0 aromatic heterocycles. The minimum Gasteiger partial charge on any atom is -0.192 e. The van der Waals surface area contributed by atoms with Crippen molar-refractivity contribution in [3.05, 3.63) is 40.4 Å². The molecule has 0 saturated heterocycles. The average molecular weight is 212 g/mol. The summed E-state index contributed by atoms with van der Waals surface area (Å²) in [6, 6.07) is 7.16. The molecule has 0 aliphatic rings. The molecule has 0 spiro atoms. The number of alkyl halides is 1. The van der Waals surface area contributed by atoms with E-state index in [-0.39, 0.29) is 0 Å². The van der Waals surface area contributed by atoms with Crippen molar-refractivity contribution in [1.82, 2.24) is 0 Å². The third kappa shape index (κ3) is 2.77. The van der Waals surface area contributed by atoms with Crippen molar-refractivity contribution in [2.45, 2.75) is 0 Å². The molecule has 1 aromatic carbocycles. The highest BCUT2D eigenvalue weighted by Crippen LogP contribution is 2.18. The number of hydrogen-bond acceptors (Lipinski definition) is 1. The van der Waals surface area contributed by atoms with Crippen LogP contribution in [0.5, 0.6) is 0 Å². The number of nitriles is 1. The maximum Gasteiger partial charge on any atom is 0.0991 e. The second kappa shape index (κ2) is 4.91. The zero-order valence-electron chi connectivity index (χ0n) is 6.80. The normalized spacial score (nSPS) is 10.2. The molecule has 3 heteroatoms. The van der Waals surface area contributed by atoms with Crippen LogP contribution >= 0.6 is 23.2 Å². The van der Waals surface area contributed by atoms with Crippen LogP contribution < -0.4 is 0 Å². The van der Waals surface area contributed by atoms with E-state index in [9.17, 15) is 0 Å². The Labute approximate surface area is 87.2 Å². The van der Waals surface area contributed by atoms with Crippen LogP contribution in [-0.2, 0) is 0 Å². The Hall–Kier alpha value is -0.970. The summed E-state index contributed by atoms with van der Waals surface area (Å²) >= 11 is 11.4. The molecule has 0 bridgehead atoms. The van der Waals surface area contributed by atoms with Crippen LogP contribution in [0.4, 0.5) is 0 Å². The molecule has 0 radical (unpaired) electrons. The Morgan fingerprint density at radius 2 is 2.23 bits per heavy atom. The van der Waals surface area contributed by atoms with Gasteiger partial charge in [0.05, 0.1) is 11.6 Å². The highest BCUT2D eigenvalue weighted by Gasteiger charge is 1.97. The smallest absolute Gasteiger partial charge is 0.0991 e. The minimum absolute atomic E-state index is 0.438. The average Bonchev–Trinajstić information content (AvgIpc) is 2.17. The third-order valence-electron chi connectivity index (χ3n) is 1.51. The number of nitrogens with zero attached hydrogens (tertiary/aromatic N) is 1. The lowest BCUT2D eigenvalue weighted by Gasteiger charge is -1.97. The zero-order chi connectivity index (χ0) is 9.68. The monoisotopic (exact) mass is 211 g/mol. The summed E-state index contributed by atoms with van der Waals surface area (Å²) in [6.45, 7) is 0. The van der Waals surface area contributed by atoms with Crippen molar-refractivity contribution in [2.24, 2.45) is 0 Å². The lowest BCUT2D eigenvalue weighted by Crippen LogP contribution is -1.79. The zero-order valence-corrected chi connectivity index (χ0v) is 8.31. The molecule has 0 aliphatic heterocycles. The fraction of sp³-hybridized carbons (Fsp3) is 0.100. The van der Waals surface area contributed by atoms with Crippen LogP contribution in [-0.4, -0.2) is 5.88 Å².